The molecule has 0 bridgehead atoms. The van der Waals surface area contributed by atoms with E-state index in [4.69, 9.17) is 11.6 Å². The lowest BCUT2D eigenvalue weighted by atomic mass is 9.96. The van der Waals surface area contributed by atoms with Crippen molar-refractivity contribution in [3.05, 3.63) is 94.5 Å². The van der Waals surface area contributed by atoms with Crippen molar-refractivity contribution in [1.82, 2.24) is 10.2 Å². The molecule has 34 heavy (non-hydrogen) atoms. The normalized spacial score (nSPS) is 14.1. The second kappa shape index (κ2) is 10.7. The quantitative estimate of drug-likeness (QED) is 0.522. The molecule has 3 aromatic carbocycles. The van der Waals surface area contributed by atoms with Crippen LogP contribution in [-0.4, -0.2) is 43.9 Å². The molecule has 0 saturated heterocycles. The lowest BCUT2D eigenvalue weighted by molar-refractivity contribution is -0.136. The third kappa shape index (κ3) is 5.76. The summed E-state index contributed by atoms with van der Waals surface area (Å²) in [4.78, 5) is 29.5. The Morgan fingerprint density at radius 1 is 0.941 bits per heavy atom. The number of nitrogens with one attached hydrogen (secondary N) is 2. The van der Waals surface area contributed by atoms with Crippen LogP contribution >= 0.6 is 11.6 Å². The van der Waals surface area contributed by atoms with Gasteiger partial charge in [-0.05, 0) is 59.5 Å². The zero-order valence-electron chi connectivity index (χ0n) is 19.4. The number of hydrogen-bond donors (Lipinski definition) is 2. The average Bonchev–Trinajstić information content (AvgIpc) is 2.85. The van der Waals surface area contributed by atoms with E-state index < -0.39 is 11.8 Å². The van der Waals surface area contributed by atoms with Gasteiger partial charge < -0.3 is 15.5 Å². The van der Waals surface area contributed by atoms with Gasteiger partial charge in [0.15, 0.2) is 0 Å². The maximum atomic E-state index is 12.6. The third-order valence-electron chi connectivity index (χ3n) is 6.16. The number of carbonyl (C=O) groups is 2. The number of amides is 2. The Kier molecular flexibility index (Phi) is 7.50. The largest absolute Gasteiger partial charge is 0.378 e. The van der Waals surface area contributed by atoms with Gasteiger partial charge in [-0.1, -0.05) is 48.0 Å². The Morgan fingerprint density at radius 2 is 1.62 bits per heavy atom. The van der Waals surface area contributed by atoms with Crippen molar-refractivity contribution >= 4 is 34.8 Å². The maximum Gasteiger partial charge on any atom is 0.313 e. The molecule has 4 rings (SSSR count). The van der Waals surface area contributed by atoms with Crippen LogP contribution in [0.3, 0.4) is 0 Å². The fraction of sp³-hybridized carbons (Fsp3) is 0.259. The van der Waals surface area contributed by atoms with Crippen molar-refractivity contribution in [3.8, 4) is 0 Å². The van der Waals surface area contributed by atoms with E-state index in [1.807, 2.05) is 14.1 Å². The first-order chi connectivity index (χ1) is 16.4. The summed E-state index contributed by atoms with van der Waals surface area (Å²) in [6, 6.07) is 23.4. The number of carbonyl (C=O) groups excluding carboxylic acids is 2. The van der Waals surface area contributed by atoms with E-state index >= 15 is 0 Å². The van der Waals surface area contributed by atoms with Crippen LogP contribution in [-0.2, 0) is 22.6 Å². The van der Waals surface area contributed by atoms with Crippen LogP contribution in [0.15, 0.2) is 72.8 Å². The molecule has 1 unspecified atom stereocenters. The SMILES string of the molecule is CN(C)c1ccc(C(CNC(=O)C(=O)Nc2ccc(Cl)cc2)N2CCc3ccccc3C2)cc1. The van der Waals surface area contributed by atoms with Gasteiger partial charge in [-0.25, -0.2) is 0 Å². The molecule has 0 fully saturated rings. The third-order valence-corrected chi connectivity index (χ3v) is 6.41. The van der Waals surface area contributed by atoms with Crippen LogP contribution < -0.4 is 15.5 Å². The first-order valence-electron chi connectivity index (χ1n) is 11.3. The van der Waals surface area contributed by atoms with Crippen LogP contribution in [0.25, 0.3) is 0 Å². The highest BCUT2D eigenvalue weighted by molar-refractivity contribution is 6.39. The minimum absolute atomic E-state index is 0.0585. The topological polar surface area (TPSA) is 64.7 Å². The van der Waals surface area contributed by atoms with Gasteiger partial charge in [-0.15, -0.1) is 0 Å². The highest BCUT2D eigenvalue weighted by atomic mass is 35.5. The molecule has 176 valence electrons. The Hall–Kier alpha value is -3.35. The predicted octanol–water partition coefficient (Wildman–Crippen LogP) is 4.26. The van der Waals surface area contributed by atoms with E-state index in [2.05, 4.69) is 69.0 Å². The van der Waals surface area contributed by atoms with Crippen molar-refractivity contribution in [2.75, 3.05) is 37.4 Å². The van der Waals surface area contributed by atoms with E-state index in [0.717, 1.165) is 30.8 Å². The van der Waals surface area contributed by atoms with Crippen molar-refractivity contribution < 1.29 is 9.59 Å². The van der Waals surface area contributed by atoms with Crippen molar-refractivity contribution in [2.45, 2.75) is 19.0 Å². The molecule has 0 radical (unpaired) electrons. The van der Waals surface area contributed by atoms with Crippen LogP contribution in [0.2, 0.25) is 5.02 Å². The van der Waals surface area contributed by atoms with Gasteiger partial charge in [0.1, 0.15) is 0 Å². The smallest absolute Gasteiger partial charge is 0.313 e. The van der Waals surface area contributed by atoms with E-state index in [9.17, 15) is 9.59 Å². The second-order valence-corrected chi connectivity index (χ2v) is 9.10. The Balaban J connectivity index is 1.48. The predicted molar refractivity (Wildman–Crippen MR) is 137 cm³/mol. The summed E-state index contributed by atoms with van der Waals surface area (Å²) in [5.41, 5.74) is 5.40. The molecule has 2 N–H and O–H groups in total. The number of anilines is 2. The molecule has 0 spiro atoms. The van der Waals surface area contributed by atoms with Gasteiger partial charge in [0.05, 0.1) is 6.04 Å². The minimum Gasteiger partial charge on any atom is -0.378 e. The molecular weight excluding hydrogens is 448 g/mol. The first-order valence-corrected chi connectivity index (χ1v) is 11.7. The van der Waals surface area contributed by atoms with Crippen molar-refractivity contribution in [1.29, 1.82) is 0 Å². The molecule has 0 aliphatic carbocycles. The summed E-state index contributed by atoms with van der Waals surface area (Å²) >= 11 is 5.89. The Bertz CT molecular complexity index is 1150. The fourth-order valence-corrected chi connectivity index (χ4v) is 4.35. The van der Waals surface area contributed by atoms with Crippen molar-refractivity contribution in [3.63, 3.8) is 0 Å². The molecular formula is C27H29ClN4O2. The standard InChI is InChI=1S/C27H29ClN4O2/c1-31(2)24-13-7-20(8-14-24)25(32-16-15-19-5-3-4-6-21(19)18-32)17-29-26(33)27(34)30-23-11-9-22(28)10-12-23/h3-14,25H,15-18H2,1-2H3,(H,29,33)(H,30,34). The number of rotatable bonds is 6. The molecule has 6 nitrogen and oxygen atoms in total. The minimum atomic E-state index is -0.701. The highest BCUT2D eigenvalue weighted by Gasteiger charge is 2.26. The lowest BCUT2D eigenvalue weighted by Crippen LogP contribution is -2.43. The van der Waals surface area contributed by atoms with Gasteiger partial charge in [0.2, 0.25) is 0 Å². The molecule has 1 aliphatic heterocycles. The maximum absolute atomic E-state index is 12.6. The van der Waals surface area contributed by atoms with Gasteiger partial charge in [0, 0.05) is 50.1 Å². The molecule has 3 aromatic rings. The molecule has 1 atom stereocenters. The Morgan fingerprint density at radius 3 is 2.29 bits per heavy atom. The molecule has 2 amide bonds. The van der Waals surface area contributed by atoms with E-state index in [-0.39, 0.29) is 6.04 Å². The van der Waals surface area contributed by atoms with Gasteiger partial charge >= 0.3 is 11.8 Å². The van der Waals surface area contributed by atoms with Crippen molar-refractivity contribution in [2.24, 2.45) is 0 Å². The zero-order valence-corrected chi connectivity index (χ0v) is 20.2. The van der Waals surface area contributed by atoms with Crippen LogP contribution in [0.1, 0.15) is 22.7 Å². The zero-order chi connectivity index (χ0) is 24.1. The lowest BCUT2D eigenvalue weighted by Gasteiger charge is -2.36. The van der Waals surface area contributed by atoms with Crippen LogP contribution in [0, 0.1) is 0 Å². The van der Waals surface area contributed by atoms with E-state index in [0.29, 0.717) is 17.3 Å². The molecule has 0 saturated carbocycles. The first kappa shape index (κ1) is 23.8. The number of hydrogen-bond acceptors (Lipinski definition) is 4. The summed E-state index contributed by atoms with van der Waals surface area (Å²) in [5.74, 6) is -1.37. The summed E-state index contributed by atoms with van der Waals surface area (Å²) in [6.07, 6.45) is 0.952. The molecule has 7 heteroatoms. The van der Waals surface area contributed by atoms with Crippen LogP contribution in [0.4, 0.5) is 11.4 Å². The number of benzene rings is 3. The summed E-state index contributed by atoms with van der Waals surface area (Å²) in [5, 5.41) is 6.02. The fourth-order valence-electron chi connectivity index (χ4n) is 4.23. The van der Waals surface area contributed by atoms with Gasteiger partial charge in [0.25, 0.3) is 0 Å². The summed E-state index contributed by atoms with van der Waals surface area (Å²) < 4.78 is 0. The molecule has 1 heterocycles. The summed E-state index contributed by atoms with van der Waals surface area (Å²) in [7, 11) is 4.02. The van der Waals surface area contributed by atoms with E-state index in [1.165, 1.54) is 11.1 Å². The molecule has 0 aromatic heterocycles. The monoisotopic (exact) mass is 476 g/mol. The van der Waals surface area contributed by atoms with E-state index in [1.54, 1.807) is 24.3 Å². The number of fused-ring (bicyclic) bond motifs is 1. The molecule has 1 aliphatic rings. The number of halogens is 1. The Labute approximate surface area is 205 Å². The summed E-state index contributed by atoms with van der Waals surface area (Å²) in [6.45, 7) is 2.00. The second-order valence-electron chi connectivity index (χ2n) is 8.66. The van der Waals surface area contributed by atoms with Gasteiger partial charge in [-0.3, -0.25) is 14.5 Å². The highest BCUT2D eigenvalue weighted by Crippen LogP contribution is 2.28. The van der Waals surface area contributed by atoms with Crippen LogP contribution in [0.5, 0.6) is 0 Å². The van der Waals surface area contributed by atoms with Gasteiger partial charge in [-0.2, -0.15) is 0 Å². The average molecular weight is 477 g/mol. The number of nitrogens with zero attached hydrogens (tertiary/aromatic N) is 2.